The molecule has 0 fully saturated rings. The van der Waals surface area contributed by atoms with Crippen molar-refractivity contribution in [2.75, 3.05) is 5.73 Å². The Morgan fingerprint density at radius 2 is 1.85 bits per heavy atom. The first-order valence-electron chi connectivity index (χ1n) is 6.08. The minimum absolute atomic E-state index is 0.0632. The standard InChI is InChI=1S/C15H14F2N2O/c1-9(10-3-2-4-11(16)7-10)19-15(20)13-8-12(17)5-6-14(13)18/h2-9H,18H2,1H3,(H,19,20). The lowest BCUT2D eigenvalue weighted by atomic mass is 10.1. The number of rotatable bonds is 3. The van der Waals surface area contributed by atoms with Gasteiger partial charge in [-0.2, -0.15) is 0 Å². The van der Waals surface area contributed by atoms with Crippen LogP contribution in [0.2, 0.25) is 0 Å². The van der Waals surface area contributed by atoms with Crippen LogP contribution in [0.5, 0.6) is 0 Å². The SMILES string of the molecule is CC(NC(=O)c1cc(F)ccc1N)c1cccc(F)c1. The van der Waals surface area contributed by atoms with Crippen molar-refractivity contribution in [2.45, 2.75) is 13.0 Å². The van der Waals surface area contributed by atoms with Gasteiger partial charge in [0.2, 0.25) is 0 Å². The van der Waals surface area contributed by atoms with E-state index in [1.807, 2.05) is 0 Å². The van der Waals surface area contributed by atoms with E-state index in [0.29, 0.717) is 5.56 Å². The number of nitrogen functional groups attached to an aromatic ring is 1. The minimum atomic E-state index is -0.539. The van der Waals surface area contributed by atoms with Crippen LogP contribution in [-0.2, 0) is 0 Å². The molecule has 0 aliphatic carbocycles. The number of hydrogen-bond acceptors (Lipinski definition) is 2. The second-order valence-corrected chi connectivity index (χ2v) is 4.48. The molecule has 0 aromatic heterocycles. The largest absolute Gasteiger partial charge is 0.398 e. The van der Waals surface area contributed by atoms with Gasteiger partial charge in [0, 0.05) is 5.69 Å². The molecule has 20 heavy (non-hydrogen) atoms. The zero-order valence-corrected chi connectivity index (χ0v) is 10.9. The molecular weight excluding hydrogens is 262 g/mol. The zero-order chi connectivity index (χ0) is 14.7. The molecule has 0 saturated heterocycles. The van der Waals surface area contributed by atoms with Crippen molar-refractivity contribution in [2.24, 2.45) is 0 Å². The van der Waals surface area contributed by atoms with Crippen molar-refractivity contribution < 1.29 is 13.6 Å². The summed E-state index contributed by atoms with van der Waals surface area (Å²) in [7, 11) is 0. The highest BCUT2D eigenvalue weighted by Crippen LogP contribution is 2.17. The summed E-state index contributed by atoms with van der Waals surface area (Å²) in [5, 5.41) is 2.66. The molecule has 0 bridgehead atoms. The fourth-order valence-corrected chi connectivity index (χ4v) is 1.86. The molecule has 0 spiro atoms. The average Bonchev–Trinajstić information content (AvgIpc) is 2.41. The van der Waals surface area contributed by atoms with Crippen LogP contribution < -0.4 is 11.1 Å². The Kier molecular flexibility index (Phi) is 3.98. The molecule has 2 aromatic rings. The van der Waals surface area contributed by atoms with E-state index >= 15 is 0 Å². The Morgan fingerprint density at radius 1 is 1.15 bits per heavy atom. The molecular formula is C15H14F2N2O. The molecule has 1 unspecified atom stereocenters. The maximum atomic E-state index is 13.1. The second-order valence-electron chi connectivity index (χ2n) is 4.48. The van der Waals surface area contributed by atoms with Crippen LogP contribution >= 0.6 is 0 Å². The number of carbonyl (C=O) groups is 1. The van der Waals surface area contributed by atoms with Gasteiger partial charge in [-0.25, -0.2) is 8.78 Å². The number of halogens is 2. The summed E-state index contributed by atoms with van der Waals surface area (Å²) in [5.41, 5.74) is 6.51. The Morgan fingerprint density at radius 3 is 2.55 bits per heavy atom. The van der Waals surface area contributed by atoms with Crippen LogP contribution in [0.1, 0.15) is 28.9 Å². The first-order valence-corrected chi connectivity index (χ1v) is 6.08. The molecule has 104 valence electrons. The molecule has 1 atom stereocenters. The van der Waals surface area contributed by atoms with Crippen molar-refractivity contribution in [3.05, 3.63) is 65.2 Å². The maximum Gasteiger partial charge on any atom is 0.253 e. The molecule has 0 radical (unpaired) electrons. The lowest BCUT2D eigenvalue weighted by Crippen LogP contribution is -2.27. The van der Waals surface area contributed by atoms with Gasteiger partial charge in [0.15, 0.2) is 0 Å². The van der Waals surface area contributed by atoms with E-state index in [1.165, 1.54) is 24.3 Å². The molecule has 0 aliphatic heterocycles. The van der Waals surface area contributed by atoms with Crippen LogP contribution in [0.4, 0.5) is 14.5 Å². The number of benzene rings is 2. The Hall–Kier alpha value is -2.43. The number of carbonyl (C=O) groups excluding carboxylic acids is 1. The smallest absolute Gasteiger partial charge is 0.253 e. The third-order valence-electron chi connectivity index (χ3n) is 2.96. The van der Waals surface area contributed by atoms with Crippen LogP contribution in [0.15, 0.2) is 42.5 Å². The fourth-order valence-electron chi connectivity index (χ4n) is 1.86. The van der Waals surface area contributed by atoms with E-state index in [0.717, 1.165) is 6.07 Å². The third kappa shape index (κ3) is 3.12. The number of nitrogens with two attached hydrogens (primary N) is 1. The van der Waals surface area contributed by atoms with Crippen LogP contribution in [0, 0.1) is 11.6 Å². The first-order chi connectivity index (χ1) is 9.47. The highest BCUT2D eigenvalue weighted by molar-refractivity contribution is 5.99. The number of anilines is 1. The van der Waals surface area contributed by atoms with E-state index in [4.69, 9.17) is 5.73 Å². The van der Waals surface area contributed by atoms with Gasteiger partial charge in [-0.1, -0.05) is 12.1 Å². The summed E-state index contributed by atoms with van der Waals surface area (Å²) in [5.74, 6) is -1.42. The van der Waals surface area contributed by atoms with E-state index in [-0.39, 0.29) is 17.1 Å². The van der Waals surface area contributed by atoms with E-state index in [2.05, 4.69) is 5.32 Å². The molecule has 2 aromatic carbocycles. The van der Waals surface area contributed by atoms with Gasteiger partial charge in [0.25, 0.3) is 5.91 Å². The van der Waals surface area contributed by atoms with Crippen molar-refractivity contribution in [1.29, 1.82) is 0 Å². The summed E-state index contributed by atoms with van der Waals surface area (Å²) in [4.78, 5) is 12.0. The van der Waals surface area contributed by atoms with Crippen molar-refractivity contribution in [3.63, 3.8) is 0 Å². The maximum absolute atomic E-state index is 13.1. The predicted octanol–water partition coefficient (Wildman–Crippen LogP) is 3.04. The number of hydrogen-bond donors (Lipinski definition) is 2. The Labute approximate surface area is 115 Å². The van der Waals surface area contributed by atoms with Gasteiger partial charge in [0.1, 0.15) is 11.6 Å². The topological polar surface area (TPSA) is 55.1 Å². The predicted molar refractivity (Wildman–Crippen MR) is 73.1 cm³/mol. The highest BCUT2D eigenvalue weighted by atomic mass is 19.1. The van der Waals surface area contributed by atoms with Crippen molar-refractivity contribution in [1.82, 2.24) is 5.32 Å². The van der Waals surface area contributed by atoms with Gasteiger partial charge >= 0.3 is 0 Å². The van der Waals surface area contributed by atoms with Crippen LogP contribution in [0.3, 0.4) is 0 Å². The van der Waals surface area contributed by atoms with Gasteiger partial charge in [-0.3, -0.25) is 4.79 Å². The normalized spacial score (nSPS) is 11.9. The Bertz CT molecular complexity index is 644. The summed E-state index contributed by atoms with van der Waals surface area (Å²) in [6.45, 7) is 1.71. The summed E-state index contributed by atoms with van der Waals surface area (Å²) in [6, 6.07) is 9.08. The number of amides is 1. The minimum Gasteiger partial charge on any atom is -0.398 e. The monoisotopic (exact) mass is 276 g/mol. The van der Waals surface area contributed by atoms with Crippen LogP contribution in [-0.4, -0.2) is 5.91 Å². The van der Waals surface area contributed by atoms with E-state index in [1.54, 1.807) is 19.1 Å². The molecule has 0 saturated carbocycles. The molecule has 1 amide bonds. The van der Waals surface area contributed by atoms with Gasteiger partial charge in [-0.15, -0.1) is 0 Å². The molecule has 5 heteroatoms. The molecule has 3 nitrogen and oxygen atoms in total. The van der Waals surface area contributed by atoms with Gasteiger partial charge in [-0.05, 0) is 42.8 Å². The molecule has 0 aliphatic rings. The highest BCUT2D eigenvalue weighted by Gasteiger charge is 2.14. The Balaban J connectivity index is 2.17. The first kappa shape index (κ1) is 14.0. The van der Waals surface area contributed by atoms with Crippen molar-refractivity contribution >= 4 is 11.6 Å². The van der Waals surface area contributed by atoms with Crippen molar-refractivity contribution in [3.8, 4) is 0 Å². The molecule has 2 rings (SSSR count). The summed E-state index contributed by atoms with van der Waals surface area (Å²) in [6.07, 6.45) is 0. The fraction of sp³-hybridized carbons (Fsp3) is 0.133. The summed E-state index contributed by atoms with van der Waals surface area (Å²) >= 11 is 0. The second kappa shape index (κ2) is 5.69. The van der Waals surface area contributed by atoms with Gasteiger partial charge in [0.05, 0.1) is 11.6 Å². The zero-order valence-electron chi connectivity index (χ0n) is 10.9. The molecule has 0 heterocycles. The lowest BCUT2D eigenvalue weighted by Gasteiger charge is -2.15. The lowest BCUT2D eigenvalue weighted by molar-refractivity contribution is 0.0940. The molecule has 3 N–H and O–H groups in total. The average molecular weight is 276 g/mol. The van der Waals surface area contributed by atoms with Gasteiger partial charge < -0.3 is 11.1 Å². The third-order valence-corrected chi connectivity index (χ3v) is 2.96. The van der Waals surface area contributed by atoms with Crippen LogP contribution in [0.25, 0.3) is 0 Å². The van der Waals surface area contributed by atoms with E-state index < -0.39 is 17.8 Å². The quantitative estimate of drug-likeness (QED) is 0.847. The van der Waals surface area contributed by atoms with E-state index in [9.17, 15) is 13.6 Å². The summed E-state index contributed by atoms with van der Waals surface area (Å²) < 4.78 is 26.3. The number of nitrogens with one attached hydrogen (secondary N) is 1.